The fourth-order valence-electron chi connectivity index (χ4n) is 3.24. The lowest BCUT2D eigenvalue weighted by Gasteiger charge is -2.41. The molecule has 2 N–H and O–H groups in total. The number of nitrogens with two attached hydrogens (primary N) is 1. The summed E-state index contributed by atoms with van der Waals surface area (Å²) in [5.74, 6) is 0.621. The van der Waals surface area contributed by atoms with E-state index in [1.807, 2.05) is 13.8 Å². The van der Waals surface area contributed by atoms with E-state index < -0.39 is 0 Å². The summed E-state index contributed by atoms with van der Waals surface area (Å²) in [6, 6.07) is 0.445. The van der Waals surface area contributed by atoms with Crippen LogP contribution in [-0.2, 0) is 0 Å². The second-order valence-electron chi connectivity index (χ2n) is 6.13. The minimum absolute atomic E-state index is 0.0694. The van der Waals surface area contributed by atoms with Crippen molar-refractivity contribution in [1.82, 2.24) is 9.78 Å². The van der Waals surface area contributed by atoms with Gasteiger partial charge in [-0.25, -0.2) is 4.68 Å². The van der Waals surface area contributed by atoms with Crippen molar-refractivity contribution in [2.45, 2.75) is 65.1 Å². The highest BCUT2D eigenvalue weighted by atomic mass is 16.6. The van der Waals surface area contributed by atoms with Gasteiger partial charge in [0.05, 0.1) is 4.92 Å². The highest BCUT2D eigenvalue weighted by Crippen LogP contribution is 2.38. The molecule has 0 radical (unpaired) electrons. The van der Waals surface area contributed by atoms with Gasteiger partial charge >= 0.3 is 5.69 Å². The van der Waals surface area contributed by atoms with Gasteiger partial charge in [-0.05, 0) is 47.0 Å². The Morgan fingerprint density at radius 2 is 2.14 bits per heavy atom. The van der Waals surface area contributed by atoms with Crippen molar-refractivity contribution in [3.8, 4) is 0 Å². The highest BCUT2D eigenvalue weighted by molar-refractivity contribution is 5.63. The van der Waals surface area contributed by atoms with Gasteiger partial charge in [0.15, 0.2) is 0 Å². The molecule has 0 bridgehead atoms. The van der Waals surface area contributed by atoms with Crippen LogP contribution in [0.4, 0.5) is 11.5 Å². The summed E-state index contributed by atoms with van der Waals surface area (Å²) in [7, 11) is 0. The summed E-state index contributed by atoms with van der Waals surface area (Å²) in [6.07, 6.45) is 3.11. The Balaban J connectivity index is 2.61. The number of aryl methyl sites for hydroxylation is 1. The second kappa shape index (κ2) is 6.01. The van der Waals surface area contributed by atoms with Gasteiger partial charge in [-0.2, -0.15) is 5.10 Å². The Morgan fingerprint density at radius 3 is 2.67 bits per heavy atom. The second-order valence-corrected chi connectivity index (χ2v) is 6.13. The molecule has 0 amide bonds. The number of aromatic nitrogens is 2. The maximum absolute atomic E-state index is 11.5. The number of hydrogen-bond donors (Lipinski definition) is 1. The van der Waals surface area contributed by atoms with Gasteiger partial charge in [0.1, 0.15) is 5.69 Å². The average Bonchev–Trinajstić information content (AvgIpc) is 2.75. The molecule has 0 aromatic carbocycles. The quantitative estimate of drug-likeness (QED) is 0.680. The monoisotopic (exact) mass is 295 g/mol. The smallest absolute Gasteiger partial charge is 0.333 e. The molecule has 0 aliphatic carbocycles. The molecule has 1 aromatic heterocycles. The van der Waals surface area contributed by atoms with Crippen LogP contribution in [0.15, 0.2) is 0 Å². The van der Waals surface area contributed by atoms with E-state index in [-0.39, 0.29) is 28.7 Å². The topological polar surface area (TPSA) is 90.2 Å². The average molecular weight is 295 g/mol. The molecule has 1 fully saturated rings. The van der Waals surface area contributed by atoms with Gasteiger partial charge < -0.3 is 10.6 Å². The zero-order valence-electron chi connectivity index (χ0n) is 13.2. The molecule has 7 nitrogen and oxygen atoms in total. The van der Waals surface area contributed by atoms with Crippen LogP contribution in [0.25, 0.3) is 0 Å². The van der Waals surface area contributed by atoms with Crippen LogP contribution < -0.4 is 10.6 Å². The first-order valence-electron chi connectivity index (χ1n) is 7.60. The summed E-state index contributed by atoms with van der Waals surface area (Å²) in [4.78, 5) is 13.3. The van der Waals surface area contributed by atoms with Crippen molar-refractivity contribution in [2.24, 2.45) is 5.73 Å². The van der Waals surface area contributed by atoms with E-state index in [1.54, 1.807) is 11.6 Å². The van der Waals surface area contributed by atoms with Gasteiger partial charge in [0, 0.05) is 24.7 Å². The molecule has 1 saturated heterocycles. The van der Waals surface area contributed by atoms with E-state index in [4.69, 9.17) is 5.73 Å². The molecule has 1 aromatic rings. The Morgan fingerprint density at radius 1 is 1.48 bits per heavy atom. The zero-order valence-corrected chi connectivity index (χ0v) is 13.2. The van der Waals surface area contributed by atoms with Gasteiger partial charge in [0.2, 0.25) is 5.82 Å². The predicted octanol–water partition coefficient (Wildman–Crippen LogP) is 2.39. The van der Waals surface area contributed by atoms with Crippen LogP contribution in [0.5, 0.6) is 0 Å². The number of hydrogen-bond acceptors (Lipinski definition) is 5. The number of nitro groups is 1. The van der Waals surface area contributed by atoms with Crippen LogP contribution >= 0.6 is 0 Å². The number of rotatable bonds is 4. The molecule has 1 aliphatic rings. The summed E-state index contributed by atoms with van der Waals surface area (Å²) < 4.78 is 1.78. The number of piperidine rings is 1. The Hall–Kier alpha value is -1.63. The van der Waals surface area contributed by atoms with Crippen LogP contribution in [0.1, 0.15) is 51.8 Å². The van der Waals surface area contributed by atoms with Crippen molar-refractivity contribution < 1.29 is 4.92 Å². The summed E-state index contributed by atoms with van der Waals surface area (Å²) in [6.45, 7) is 8.30. The minimum atomic E-state index is -0.314. The molecule has 2 unspecified atom stereocenters. The molecule has 2 rings (SSSR count). The fourth-order valence-corrected chi connectivity index (χ4v) is 3.24. The van der Waals surface area contributed by atoms with E-state index >= 15 is 0 Å². The molecule has 7 heteroatoms. The lowest BCUT2D eigenvalue weighted by atomic mass is 9.96. The first kappa shape index (κ1) is 15.8. The fraction of sp³-hybridized carbons (Fsp3) is 0.786. The van der Waals surface area contributed by atoms with Crippen molar-refractivity contribution >= 4 is 11.5 Å². The van der Waals surface area contributed by atoms with Gasteiger partial charge in [0.25, 0.3) is 0 Å². The van der Waals surface area contributed by atoms with Crippen molar-refractivity contribution in [1.29, 1.82) is 0 Å². The highest BCUT2D eigenvalue weighted by Gasteiger charge is 2.37. The van der Waals surface area contributed by atoms with Crippen molar-refractivity contribution in [2.75, 3.05) is 11.4 Å². The molecular formula is C14H25N5O2. The van der Waals surface area contributed by atoms with Gasteiger partial charge in [-0.15, -0.1) is 0 Å². The maximum Gasteiger partial charge on any atom is 0.333 e. The lowest BCUT2D eigenvalue weighted by molar-refractivity contribution is -0.384. The first-order chi connectivity index (χ1) is 9.88. The van der Waals surface area contributed by atoms with E-state index in [1.165, 1.54) is 0 Å². The Bertz CT molecular complexity index is 526. The molecule has 1 aliphatic heterocycles. The largest absolute Gasteiger partial charge is 0.344 e. The van der Waals surface area contributed by atoms with Crippen molar-refractivity contribution in [3.05, 3.63) is 15.8 Å². The van der Waals surface area contributed by atoms with E-state index in [2.05, 4.69) is 16.9 Å². The number of anilines is 1. The van der Waals surface area contributed by atoms with Crippen LogP contribution in [-0.4, -0.2) is 33.3 Å². The molecule has 0 saturated carbocycles. The maximum atomic E-state index is 11.5. The van der Waals surface area contributed by atoms with Crippen LogP contribution in [0, 0.1) is 17.0 Å². The number of nitrogens with zero attached hydrogens (tertiary/aromatic N) is 4. The SMILES string of the molecule is Cc1nn(C(C)C)c(N2C(C)CCCC2CN)c1[N+](=O)[O-]. The molecule has 118 valence electrons. The Kier molecular flexibility index (Phi) is 4.51. The van der Waals surface area contributed by atoms with E-state index in [0.717, 1.165) is 19.3 Å². The predicted molar refractivity (Wildman–Crippen MR) is 82.6 cm³/mol. The molecule has 21 heavy (non-hydrogen) atoms. The third kappa shape index (κ3) is 2.74. The lowest BCUT2D eigenvalue weighted by Crippen LogP contribution is -2.50. The van der Waals surface area contributed by atoms with Crippen LogP contribution in [0.3, 0.4) is 0 Å². The molecular weight excluding hydrogens is 270 g/mol. The van der Waals surface area contributed by atoms with Crippen molar-refractivity contribution in [3.63, 3.8) is 0 Å². The first-order valence-corrected chi connectivity index (χ1v) is 7.60. The van der Waals surface area contributed by atoms with Gasteiger partial charge in [-0.3, -0.25) is 10.1 Å². The minimum Gasteiger partial charge on any atom is -0.344 e. The summed E-state index contributed by atoms with van der Waals surface area (Å²) >= 11 is 0. The third-order valence-electron chi connectivity index (χ3n) is 4.25. The summed E-state index contributed by atoms with van der Waals surface area (Å²) in [5, 5.41) is 15.9. The van der Waals surface area contributed by atoms with E-state index in [0.29, 0.717) is 18.1 Å². The molecule has 2 atom stereocenters. The standard InChI is InChI=1S/C14H25N5O2/c1-9(2)18-14(13(19(20)21)11(4)16-18)17-10(3)6-5-7-12(17)8-15/h9-10,12H,5-8,15H2,1-4H3. The third-order valence-corrected chi connectivity index (χ3v) is 4.25. The van der Waals surface area contributed by atoms with Gasteiger partial charge in [-0.1, -0.05) is 0 Å². The normalized spacial score (nSPS) is 22.9. The Labute approximate surface area is 125 Å². The van der Waals surface area contributed by atoms with Crippen LogP contribution in [0.2, 0.25) is 0 Å². The molecule has 0 spiro atoms. The zero-order chi connectivity index (χ0) is 15.7. The molecule has 2 heterocycles. The van der Waals surface area contributed by atoms with E-state index in [9.17, 15) is 10.1 Å². The summed E-state index contributed by atoms with van der Waals surface area (Å²) in [5.41, 5.74) is 6.50.